The third-order valence-corrected chi connectivity index (χ3v) is 2.78. The second-order valence-electron chi connectivity index (χ2n) is 4.25. The van der Waals surface area contributed by atoms with E-state index in [4.69, 9.17) is 10.5 Å². The molecule has 0 aliphatic heterocycles. The molecule has 0 aromatic carbocycles. The largest absolute Gasteiger partial charge is 0.397 e. The third kappa shape index (κ3) is 3.00. The number of amides is 1. The molecule has 1 amide bonds. The van der Waals surface area contributed by atoms with Crippen LogP contribution in [0.2, 0.25) is 0 Å². The van der Waals surface area contributed by atoms with Gasteiger partial charge >= 0.3 is 0 Å². The number of carbonyl (C=O) groups is 1. The second-order valence-corrected chi connectivity index (χ2v) is 4.25. The van der Waals surface area contributed by atoms with E-state index < -0.39 is 0 Å². The van der Waals surface area contributed by atoms with Gasteiger partial charge in [-0.05, 0) is 25.8 Å². The highest BCUT2D eigenvalue weighted by atomic mass is 16.5. The highest BCUT2D eigenvalue weighted by Gasteiger charge is 2.27. The lowest BCUT2D eigenvalue weighted by atomic mass is 10.3. The van der Waals surface area contributed by atoms with Crippen molar-refractivity contribution in [1.29, 1.82) is 0 Å². The van der Waals surface area contributed by atoms with Gasteiger partial charge in [-0.3, -0.25) is 4.79 Å². The lowest BCUT2D eigenvalue weighted by molar-refractivity contribution is 0.0913. The molecule has 17 heavy (non-hydrogen) atoms. The Kier molecular flexibility index (Phi) is 3.68. The van der Waals surface area contributed by atoms with E-state index in [-0.39, 0.29) is 5.91 Å². The number of aromatic nitrogens is 1. The Balaban J connectivity index is 1.93. The maximum Gasteiger partial charge on any atom is 0.268 e. The van der Waals surface area contributed by atoms with Gasteiger partial charge in [-0.1, -0.05) is 0 Å². The first-order valence-electron chi connectivity index (χ1n) is 6.05. The average Bonchev–Trinajstić information content (AvgIpc) is 3.08. The van der Waals surface area contributed by atoms with Crippen molar-refractivity contribution < 1.29 is 9.53 Å². The van der Waals surface area contributed by atoms with E-state index in [2.05, 4.69) is 5.32 Å². The van der Waals surface area contributed by atoms with Gasteiger partial charge < -0.3 is 20.4 Å². The van der Waals surface area contributed by atoms with Crippen LogP contribution in [-0.4, -0.2) is 30.2 Å². The van der Waals surface area contributed by atoms with Crippen LogP contribution in [0.4, 0.5) is 5.69 Å². The van der Waals surface area contributed by atoms with Gasteiger partial charge in [0.05, 0.1) is 12.3 Å². The van der Waals surface area contributed by atoms with E-state index in [0.29, 0.717) is 37.2 Å². The van der Waals surface area contributed by atoms with Crippen molar-refractivity contribution in [3.05, 3.63) is 18.0 Å². The zero-order chi connectivity index (χ0) is 12.3. The van der Waals surface area contributed by atoms with Gasteiger partial charge in [-0.2, -0.15) is 0 Å². The van der Waals surface area contributed by atoms with Gasteiger partial charge in [0.2, 0.25) is 0 Å². The number of carbonyl (C=O) groups excluding carboxylic acids is 1. The molecule has 3 N–H and O–H groups in total. The first-order chi connectivity index (χ1) is 8.22. The van der Waals surface area contributed by atoms with E-state index in [1.807, 2.05) is 17.7 Å². The van der Waals surface area contributed by atoms with Crippen LogP contribution < -0.4 is 11.1 Å². The monoisotopic (exact) mass is 237 g/mol. The van der Waals surface area contributed by atoms with E-state index in [9.17, 15) is 4.79 Å². The normalized spacial score (nSPS) is 14.9. The predicted octanol–water partition coefficient (Wildman–Crippen LogP) is 1.17. The summed E-state index contributed by atoms with van der Waals surface area (Å²) in [7, 11) is 0. The number of hydrogen-bond donors (Lipinski definition) is 2. The predicted molar refractivity (Wildman–Crippen MR) is 65.9 cm³/mol. The van der Waals surface area contributed by atoms with Gasteiger partial charge in [-0.25, -0.2) is 0 Å². The molecule has 0 unspecified atom stereocenters. The SMILES string of the molecule is CCOCCNC(=O)c1cc(N)cn1C1CC1. The quantitative estimate of drug-likeness (QED) is 0.730. The standard InChI is InChI=1S/C12H19N3O2/c1-2-17-6-5-14-12(16)11-7-9(13)8-15(11)10-3-4-10/h7-8,10H,2-6,13H2,1H3,(H,14,16). The Morgan fingerprint density at radius 1 is 1.65 bits per heavy atom. The number of nitrogens with one attached hydrogen (secondary N) is 1. The molecule has 1 fully saturated rings. The van der Waals surface area contributed by atoms with E-state index in [0.717, 1.165) is 12.8 Å². The van der Waals surface area contributed by atoms with Crippen molar-refractivity contribution in [3.8, 4) is 0 Å². The summed E-state index contributed by atoms with van der Waals surface area (Å²) in [5, 5.41) is 2.83. The molecule has 0 spiro atoms. The molecule has 1 aliphatic carbocycles. The van der Waals surface area contributed by atoms with Crippen molar-refractivity contribution in [2.75, 3.05) is 25.5 Å². The van der Waals surface area contributed by atoms with Crippen LogP contribution in [0.3, 0.4) is 0 Å². The number of hydrogen-bond acceptors (Lipinski definition) is 3. The number of anilines is 1. The average molecular weight is 237 g/mol. The Morgan fingerprint density at radius 2 is 2.41 bits per heavy atom. The number of ether oxygens (including phenoxy) is 1. The number of rotatable bonds is 6. The topological polar surface area (TPSA) is 69.3 Å². The minimum atomic E-state index is -0.0756. The first-order valence-corrected chi connectivity index (χ1v) is 6.05. The molecule has 1 heterocycles. The van der Waals surface area contributed by atoms with Crippen molar-refractivity contribution in [2.45, 2.75) is 25.8 Å². The lowest BCUT2D eigenvalue weighted by Crippen LogP contribution is -2.29. The van der Waals surface area contributed by atoms with Crippen molar-refractivity contribution in [2.24, 2.45) is 0 Å². The van der Waals surface area contributed by atoms with E-state index >= 15 is 0 Å². The zero-order valence-corrected chi connectivity index (χ0v) is 10.1. The molecule has 0 radical (unpaired) electrons. The van der Waals surface area contributed by atoms with Gasteiger partial charge in [0.1, 0.15) is 5.69 Å². The third-order valence-electron chi connectivity index (χ3n) is 2.78. The minimum Gasteiger partial charge on any atom is -0.397 e. The zero-order valence-electron chi connectivity index (χ0n) is 10.1. The van der Waals surface area contributed by atoms with Crippen molar-refractivity contribution in [1.82, 2.24) is 9.88 Å². The number of nitrogen functional groups attached to an aromatic ring is 1. The second kappa shape index (κ2) is 5.23. The van der Waals surface area contributed by atoms with Crippen LogP contribution in [-0.2, 0) is 4.74 Å². The summed E-state index contributed by atoms with van der Waals surface area (Å²) in [4.78, 5) is 11.9. The molecule has 1 saturated carbocycles. The summed E-state index contributed by atoms with van der Waals surface area (Å²) < 4.78 is 7.15. The van der Waals surface area contributed by atoms with Crippen LogP contribution in [0.15, 0.2) is 12.3 Å². The summed E-state index contributed by atoms with van der Waals surface area (Å²) in [5.41, 5.74) is 7.03. The van der Waals surface area contributed by atoms with Gasteiger partial charge in [-0.15, -0.1) is 0 Å². The number of nitrogens with zero attached hydrogens (tertiary/aromatic N) is 1. The van der Waals surface area contributed by atoms with E-state index in [1.165, 1.54) is 0 Å². The van der Waals surface area contributed by atoms with Gasteiger partial charge in [0.15, 0.2) is 0 Å². The van der Waals surface area contributed by atoms with Gasteiger partial charge in [0.25, 0.3) is 5.91 Å². The van der Waals surface area contributed by atoms with Gasteiger partial charge in [0, 0.05) is 25.4 Å². The van der Waals surface area contributed by atoms with Crippen LogP contribution in [0.1, 0.15) is 36.3 Å². The fourth-order valence-electron chi connectivity index (χ4n) is 1.81. The summed E-state index contributed by atoms with van der Waals surface area (Å²) in [6.45, 7) is 3.67. The minimum absolute atomic E-state index is 0.0756. The molecular formula is C12H19N3O2. The van der Waals surface area contributed by atoms with Crippen LogP contribution in [0, 0.1) is 0 Å². The molecule has 94 valence electrons. The fourth-order valence-corrected chi connectivity index (χ4v) is 1.81. The Bertz CT molecular complexity index is 396. The van der Waals surface area contributed by atoms with Crippen molar-refractivity contribution >= 4 is 11.6 Å². The molecule has 5 heteroatoms. The molecule has 1 aromatic rings. The van der Waals surface area contributed by atoms with Crippen LogP contribution in [0.25, 0.3) is 0 Å². The smallest absolute Gasteiger partial charge is 0.268 e. The van der Waals surface area contributed by atoms with Crippen LogP contribution >= 0.6 is 0 Å². The maximum absolute atomic E-state index is 11.9. The van der Waals surface area contributed by atoms with Crippen LogP contribution in [0.5, 0.6) is 0 Å². The molecule has 5 nitrogen and oxygen atoms in total. The Morgan fingerprint density at radius 3 is 3.06 bits per heavy atom. The van der Waals surface area contributed by atoms with E-state index in [1.54, 1.807) is 6.07 Å². The number of nitrogens with two attached hydrogens (primary N) is 1. The summed E-state index contributed by atoms with van der Waals surface area (Å²) >= 11 is 0. The lowest BCUT2D eigenvalue weighted by Gasteiger charge is -2.08. The highest BCUT2D eigenvalue weighted by molar-refractivity contribution is 5.93. The molecule has 2 rings (SSSR count). The summed E-state index contributed by atoms with van der Waals surface area (Å²) in [5.74, 6) is -0.0756. The first kappa shape index (κ1) is 12.0. The highest BCUT2D eigenvalue weighted by Crippen LogP contribution is 2.37. The summed E-state index contributed by atoms with van der Waals surface area (Å²) in [6, 6.07) is 2.19. The molecule has 0 saturated heterocycles. The maximum atomic E-state index is 11.9. The molecule has 1 aromatic heterocycles. The molecule has 0 bridgehead atoms. The molecule has 1 aliphatic rings. The summed E-state index contributed by atoms with van der Waals surface area (Å²) in [6.07, 6.45) is 4.11. The Labute approximate surface area is 101 Å². The molecular weight excluding hydrogens is 218 g/mol. The molecule has 0 atom stereocenters. The Hall–Kier alpha value is -1.49. The van der Waals surface area contributed by atoms with Crippen molar-refractivity contribution in [3.63, 3.8) is 0 Å². The fraction of sp³-hybridized carbons (Fsp3) is 0.583.